The van der Waals surface area contributed by atoms with Gasteiger partial charge in [0.05, 0.1) is 12.3 Å². The smallest absolute Gasteiger partial charge is 0.433 e. The van der Waals surface area contributed by atoms with Gasteiger partial charge in [0, 0.05) is 19.7 Å². The van der Waals surface area contributed by atoms with Gasteiger partial charge in [0.15, 0.2) is 5.69 Å². The van der Waals surface area contributed by atoms with Crippen molar-refractivity contribution in [3.8, 4) is 0 Å². The predicted octanol–water partition coefficient (Wildman–Crippen LogP) is 3.01. The van der Waals surface area contributed by atoms with E-state index in [9.17, 15) is 18.0 Å². The highest BCUT2D eigenvalue weighted by Crippen LogP contribution is 2.34. The molecule has 22 heavy (non-hydrogen) atoms. The van der Waals surface area contributed by atoms with Crippen molar-refractivity contribution in [1.82, 2.24) is 14.7 Å². The minimum absolute atomic E-state index is 0.201. The molecule has 1 aliphatic heterocycles. The Labute approximate surface area is 124 Å². The molecule has 118 valence electrons. The van der Waals surface area contributed by atoms with E-state index in [1.807, 2.05) is 0 Å². The van der Waals surface area contributed by atoms with Crippen LogP contribution in [0.2, 0.25) is 0 Å². The van der Waals surface area contributed by atoms with Crippen molar-refractivity contribution in [2.75, 3.05) is 6.54 Å². The first-order valence-corrected chi connectivity index (χ1v) is 6.83. The third-order valence-electron chi connectivity index (χ3n) is 3.77. The Morgan fingerprint density at radius 1 is 1.45 bits per heavy atom. The van der Waals surface area contributed by atoms with E-state index in [-0.39, 0.29) is 11.7 Å². The summed E-state index contributed by atoms with van der Waals surface area (Å²) in [6.45, 7) is 0.474. The van der Waals surface area contributed by atoms with Gasteiger partial charge in [-0.25, -0.2) is 0 Å². The summed E-state index contributed by atoms with van der Waals surface area (Å²) in [5.74, 6) is 0.128. The molecule has 3 heterocycles. The molecule has 1 aliphatic rings. The van der Waals surface area contributed by atoms with Gasteiger partial charge in [-0.3, -0.25) is 9.48 Å². The quantitative estimate of drug-likeness (QED) is 0.856. The number of furan rings is 1. The van der Waals surface area contributed by atoms with E-state index in [0.717, 1.165) is 18.9 Å². The summed E-state index contributed by atoms with van der Waals surface area (Å²) in [6.07, 6.45) is -1.53. The lowest BCUT2D eigenvalue weighted by Crippen LogP contribution is -2.30. The zero-order chi connectivity index (χ0) is 15.9. The molecule has 1 fully saturated rings. The SMILES string of the molecule is Cn1nc(C(=O)N2CCCC2c2ccco2)cc1C(F)(F)F. The number of aromatic nitrogens is 2. The highest BCUT2D eigenvalue weighted by Gasteiger charge is 2.38. The predicted molar refractivity (Wildman–Crippen MR) is 69.9 cm³/mol. The van der Waals surface area contributed by atoms with Crippen LogP contribution in [-0.4, -0.2) is 27.1 Å². The molecular weight excluding hydrogens is 299 g/mol. The number of rotatable bonds is 2. The van der Waals surface area contributed by atoms with Crippen LogP contribution < -0.4 is 0 Å². The first kappa shape index (κ1) is 14.7. The molecule has 1 atom stereocenters. The Balaban J connectivity index is 1.88. The molecule has 2 aromatic rings. The van der Waals surface area contributed by atoms with E-state index < -0.39 is 17.8 Å². The maximum Gasteiger partial charge on any atom is 0.433 e. The zero-order valence-electron chi connectivity index (χ0n) is 11.8. The fourth-order valence-electron chi connectivity index (χ4n) is 2.77. The molecule has 2 aromatic heterocycles. The number of carbonyl (C=O) groups excluding carboxylic acids is 1. The highest BCUT2D eigenvalue weighted by molar-refractivity contribution is 5.93. The van der Waals surface area contributed by atoms with E-state index in [1.54, 1.807) is 12.1 Å². The number of likely N-dealkylation sites (tertiary alicyclic amines) is 1. The Hall–Kier alpha value is -2.25. The van der Waals surface area contributed by atoms with Crippen molar-refractivity contribution in [3.05, 3.63) is 41.6 Å². The van der Waals surface area contributed by atoms with Crippen LogP contribution in [0.15, 0.2) is 28.9 Å². The second-order valence-corrected chi connectivity index (χ2v) is 5.21. The van der Waals surface area contributed by atoms with Crippen LogP contribution in [0, 0.1) is 0 Å². The lowest BCUT2D eigenvalue weighted by Gasteiger charge is -2.22. The Kier molecular flexibility index (Phi) is 3.46. The first-order valence-electron chi connectivity index (χ1n) is 6.83. The van der Waals surface area contributed by atoms with E-state index in [0.29, 0.717) is 17.0 Å². The molecular formula is C14H14F3N3O2. The van der Waals surface area contributed by atoms with Gasteiger partial charge in [-0.05, 0) is 25.0 Å². The standard InChI is InChI=1S/C14H14F3N3O2/c1-19-12(14(15,16)17)8-9(18-19)13(21)20-6-2-4-10(20)11-5-3-7-22-11/h3,5,7-8,10H,2,4,6H2,1H3. The molecule has 1 unspecified atom stereocenters. The number of amides is 1. The van der Waals surface area contributed by atoms with Gasteiger partial charge in [0.1, 0.15) is 11.5 Å². The summed E-state index contributed by atoms with van der Waals surface area (Å²) in [4.78, 5) is 14.0. The minimum atomic E-state index is -4.54. The van der Waals surface area contributed by atoms with Gasteiger partial charge in [-0.15, -0.1) is 0 Å². The normalized spacial score (nSPS) is 18.9. The molecule has 3 rings (SSSR count). The van der Waals surface area contributed by atoms with Gasteiger partial charge in [0.2, 0.25) is 0 Å². The molecule has 0 spiro atoms. The van der Waals surface area contributed by atoms with Gasteiger partial charge >= 0.3 is 6.18 Å². The molecule has 0 aromatic carbocycles. The van der Waals surface area contributed by atoms with Crippen molar-refractivity contribution < 1.29 is 22.4 Å². The summed E-state index contributed by atoms with van der Waals surface area (Å²) in [7, 11) is 1.17. The van der Waals surface area contributed by atoms with Gasteiger partial charge in [-0.2, -0.15) is 18.3 Å². The highest BCUT2D eigenvalue weighted by atomic mass is 19.4. The number of hydrogen-bond donors (Lipinski definition) is 0. The van der Waals surface area contributed by atoms with Crippen molar-refractivity contribution in [2.24, 2.45) is 7.05 Å². The summed E-state index contributed by atoms with van der Waals surface area (Å²) in [6, 6.07) is 4.02. The van der Waals surface area contributed by atoms with Gasteiger partial charge in [0.25, 0.3) is 5.91 Å². The number of carbonyl (C=O) groups is 1. The number of aryl methyl sites for hydroxylation is 1. The summed E-state index contributed by atoms with van der Waals surface area (Å²) in [5, 5.41) is 3.71. The third-order valence-corrected chi connectivity index (χ3v) is 3.77. The molecule has 1 saturated heterocycles. The van der Waals surface area contributed by atoms with Gasteiger partial charge < -0.3 is 9.32 Å². The number of alkyl halides is 3. The topological polar surface area (TPSA) is 51.3 Å². The Morgan fingerprint density at radius 2 is 2.23 bits per heavy atom. The summed E-state index contributed by atoms with van der Waals surface area (Å²) in [5.41, 5.74) is -1.14. The van der Waals surface area contributed by atoms with Crippen LogP contribution >= 0.6 is 0 Å². The van der Waals surface area contributed by atoms with Crippen LogP contribution in [0.1, 0.15) is 40.8 Å². The number of hydrogen-bond acceptors (Lipinski definition) is 3. The number of nitrogens with zero attached hydrogens (tertiary/aromatic N) is 3. The van der Waals surface area contributed by atoms with Crippen LogP contribution in [0.25, 0.3) is 0 Å². The van der Waals surface area contributed by atoms with E-state index in [1.165, 1.54) is 18.2 Å². The lowest BCUT2D eigenvalue weighted by molar-refractivity contribution is -0.143. The maximum atomic E-state index is 12.8. The zero-order valence-corrected chi connectivity index (χ0v) is 11.8. The molecule has 0 aliphatic carbocycles. The Morgan fingerprint density at radius 3 is 2.82 bits per heavy atom. The fourth-order valence-corrected chi connectivity index (χ4v) is 2.77. The maximum absolute atomic E-state index is 12.8. The second-order valence-electron chi connectivity index (χ2n) is 5.21. The van der Waals surface area contributed by atoms with E-state index in [4.69, 9.17) is 4.42 Å². The molecule has 1 amide bonds. The van der Waals surface area contributed by atoms with Crippen LogP contribution in [0.4, 0.5) is 13.2 Å². The summed E-state index contributed by atoms with van der Waals surface area (Å²) >= 11 is 0. The lowest BCUT2D eigenvalue weighted by atomic mass is 10.1. The Bertz CT molecular complexity index is 676. The van der Waals surface area contributed by atoms with Crippen molar-refractivity contribution in [1.29, 1.82) is 0 Å². The molecule has 5 nitrogen and oxygen atoms in total. The average Bonchev–Trinajstić information content (AvgIpc) is 3.16. The van der Waals surface area contributed by atoms with Crippen molar-refractivity contribution in [2.45, 2.75) is 25.1 Å². The average molecular weight is 313 g/mol. The monoisotopic (exact) mass is 313 g/mol. The largest absolute Gasteiger partial charge is 0.467 e. The van der Waals surface area contributed by atoms with Crippen LogP contribution in [0.5, 0.6) is 0 Å². The van der Waals surface area contributed by atoms with E-state index in [2.05, 4.69) is 5.10 Å². The molecule has 0 N–H and O–H groups in total. The molecule has 0 bridgehead atoms. The second kappa shape index (κ2) is 5.19. The van der Waals surface area contributed by atoms with Crippen LogP contribution in [-0.2, 0) is 13.2 Å². The van der Waals surface area contributed by atoms with Crippen molar-refractivity contribution >= 4 is 5.91 Å². The first-order chi connectivity index (χ1) is 10.4. The third kappa shape index (κ3) is 2.49. The van der Waals surface area contributed by atoms with Gasteiger partial charge in [-0.1, -0.05) is 0 Å². The van der Waals surface area contributed by atoms with E-state index >= 15 is 0 Å². The fraction of sp³-hybridized carbons (Fsp3) is 0.429. The minimum Gasteiger partial charge on any atom is -0.467 e. The van der Waals surface area contributed by atoms with Crippen LogP contribution in [0.3, 0.4) is 0 Å². The van der Waals surface area contributed by atoms with Crippen molar-refractivity contribution in [3.63, 3.8) is 0 Å². The molecule has 8 heteroatoms. The summed E-state index contributed by atoms with van der Waals surface area (Å²) < 4.78 is 44.4. The molecule has 0 saturated carbocycles. The molecule has 0 radical (unpaired) electrons. The number of halogens is 3.